The molecule has 434 valence electrons. The topological polar surface area (TPSA) is 268 Å². The standard InChI is InChI=1S/C59H76N10O12/c1-9-46-35(2)36(3)52(81-57-49(65-68-62)54(72-32-44-26-18-12-19-27-44)53(41(8)77-57)71-31-43-24-16-11-17-25-43)58(78-46)80-51-38(5)40(7)76-56(48(51)64-67-61)79-50-37(4)39(6)75-55(47(50)63-66-60)74-34-69(30-42-22-14-10-15-23-42)59(70)73-33-45-28-20-13-21-29-45/h10-29,35-41,46-58H,9,30-34H2,1-8H3/t35-,36-,37-,38+,39?,40?,41?,46?,47?,48?,49?,50-,51-,52?,53+,54+,55+,56-,57-,58-/m0/s1. The minimum Gasteiger partial charge on any atom is -0.444 e. The number of hydrogen-bond donors (Lipinski definition) is 0. The van der Waals surface area contributed by atoms with E-state index in [-0.39, 0.29) is 51.0 Å². The summed E-state index contributed by atoms with van der Waals surface area (Å²) in [4.78, 5) is 24.9. The lowest BCUT2D eigenvalue weighted by Crippen LogP contribution is -2.63. The summed E-state index contributed by atoms with van der Waals surface area (Å²) in [6, 6.07) is 34.9. The minimum atomic E-state index is -1.25. The van der Waals surface area contributed by atoms with Crippen molar-refractivity contribution in [1.29, 1.82) is 0 Å². The van der Waals surface area contributed by atoms with Crippen molar-refractivity contribution in [2.24, 2.45) is 39.0 Å². The summed E-state index contributed by atoms with van der Waals surface area (Å²) in [5.74, 6) is -1.09. The van der Waals surface area contributed by atoms with Crippen LogP contribution in [0.4, 0.5) is 4.79 Å². The second-order valence-corrected chi connectivity index (χ2v) is 21.4. The number of ether oxygens (including phenoxy) is 11. The number of hydrogen-bond acceptors (Lipinski definition) is 15. The Morgan fingerprint density at radius 2 is 0.889 bits per heavy atom. The van der Waals surface area contributed by atoms with Crippen molar-refractivity contribution < 1.29 is 56.9 Å². The van der Waals surface area contributed by atoms with Crippen LogP contribution in [0.15, 0.2) is 137 Å². The van der Waals surface area contributed by atoms with Crippen molar-refractivity contribution >= 4 is 6.09 Å². The Bertz CT molecular complexity index is 2730. The van der Waals surface area contributed by atoms with E-state index in [1.165, 1.54) is 4.90 Å². The van der Waals surface area contributed by atoms with Gasteiger partial charge in [-0.05, 0) is 77.9 Å². The number of rotatable bonds is 23. The van der Waals surface area contributed by atoms with Gasteiger partial charge in [-0.2, -0.15) is 0 Å². The molecule has 4 fully saturated rings. The summed E-state index contributed by atoms with van der Waals surface area (Å²) in [6.45, 7) is 15.9. The molecule has 1 amide bonds. The minimum absolute atomic E-state index is 0.0314. The normalized spacial score (nSPS) is 33.9. The zero-order valence-corrected chi connectivity index (χ0v) is 47.2. The number of benzene rings is 4. The summed E-state index contributed by atoms with van der Waals surface area (Å²) >= 11 is 0. The van der Waals surface area contributed by atoms with Crippen LogP contribution in [0, 0.1) is 23.7 Å². The van der Waals surface area contributed by atoms with Gasteiger partial charge in [0.1, 0.15) is 49.8 Å². The van der Waals surface area contributed by atoms with Crippen LogP contribution in [0.1, 0.15) is 84.1 Å². The van der Waals surface area contributed by atoms with Gasteiger partial charge >= 0.3 is 6.09 Å². The fourth-order valence-corrected chi connectivity index (χ4v) is 11.0. The van der Waals surface area contributed by atoms with E-state index in [1.807, 2.05) is 163 Å². The molecule has 4 saturated heterocycles. The van der Waals surface area contributed by atoms with Crippen molar-refractivity contribution in [1.82, 2.24) is 4.90 Å². The molecule has 4 heterocycles. The van der Waals surface area contributed by atoms with Crippen LogP contribution in [0.2, 0.25) is 0 Å². The molecule has 0 spiro atoms. The number of amides is 1. The van der Waals surface area contributed by atoms with Gasteiger partial charge in [-0.25, -0.2) is 4.79 Å². The molecule has 0 aliphatic carbocycles. The van der Waals surface area contributed by atoms with Crippen LogP contribution >= 0.6 is 0 Å². The van der Waals surface area contributed by atoms with Crippen molar-refractivity contribution in [3.63, 3.8) is 0 Å². The summed E-state index contributed by atoms with van der Waals surface area (Å²) in [7, 11) is 0. The number of azide groups is 3. The molecule has 22 nitrogen and oxygen atoms in total. The molecule has 8 unspecified atom stereocenters. The maximum absolute atomic E-state index is 13.7. The highest BCUT2D eigenvalue weighted by Crippen LogP contribution is 2.42. The molecule has 4 aromatic carbocycles. The van der Waals surface area contributed by atoms with Crippen LogP contribution < -0.4 is 0 Å². The van der Waals surface area contributed by atoms with Gasteiger partial charge in [-0.1, -0.05) is 171 Å². The van der Waals surface area contributed by atoms with Gasteiger partial charge in [-0.15, -0.1) is 0 Å². The van der Waals surface area contributed by atoms with E-state index in [1.54, 1.807) is 0 Å². The SMILES string of the molecule is CCC1O[C@@H](O[C@@H]2C(N=[N+]=[N-])[C@H](O[C@@H]3C(N=[N+]=[N-])[C@H](OCN(Cc4ccccc4)C(=O)OCc4ccccc4)OC(C)[C@@H]3C)OC(C)[C@H]2C)C(O[C@@H]2OC(C)[C@@H](OCc3ccccc3)[C@H](OCc3ccccc3)C2N=[N+]=[N-])[C@@H](C)[C@@H]1C. The van der Waals surface area contributed by atoms with E-state index in [4.69, 9.17) is 52.1 Å². The number of nitrogens with zero attached hydrogens (tertiary/aromatic N) is 10. The second-order valence-electron chi connectivity index (χ2n) is 21.4. The number of carbonyl (C=O) groups is 1. The zero-order chi connectivity index (χ0) is 57.4. The first kappa shape index (κ1) is 60.8. The summed E-state index contributed by atoms with van der Waals surface area (Å²) < 4.78 is 72.9. The molecule has 4 aliphatic heterocycles. The first-order valence-electron chi connectivity index (χ1n) is 27.9. The third-order valence-electron chi connectivity index (χ3n) is 16.2. The highest BCUT2D eigenvalue weighted by Gasteiger charge is 2.54. The molecule has 0 bridgehead atoms. The van der Waals surface area contributed by atoms with E-state index in [2.05, 4.69) is 43.9 Å². The van der Waals surface area contributed by atoms with Crippen LogP contribution in [0.3, 0.4) is 0 Å². The van der Waals surface area contributed by atoms with Gasteiger partial charge in [-0.3, -0.25) is 4.90 Å². The van der Waals surface area contributed by atoms with Crippen molar-refractivity contribution in [2.45, 2.75) is 186 Å². The fraction of sp³-hybridized carbons (Fsp3) is 0.576. The summed E-state index contributed by atoms with van der Waals surface area (Å²) in [6.07, 6.45) is -10.7. The lowest BCUT2D eigenvalue weighted by atomic mass is 9.82. The molecule has 81 heavy (non-hydrogen) atoms. The molecule has 20 atom stereocenters. The molecular formula is C59H76N10O12. The quantitative estimate of drug-likeness (QED) is 0.0290. The van der Waals surface area contributed by atoms with Crippen molar-refractivity contribution in [2.75, 3.05) is 6.73 Å². The van der Waals surface area contributed by atoms with Gasteiger partial charge in [0.05, 0.1) is 56.4 Å². The second kappa shape index (κ2) is 29.6. The zero-order valence-electron chi connectivity index (χ0n) is 47.2. The molecular weight excluding hydrogens is 1040 g/mol. The van der Waals surface area contributed by atoms with E-state index in [9.17, 15) is 21.4 Å². The monoisotopic (exact) mass is 1120 g/mol. The highest BCUT2D eigenvalue weighted by atomic mass is 16.8. The largest absolute Gasteiger partial charge is 0.444 e. The van der Waals surface area contributed by atoms with Crippen LogP contribution in [0.5, 0.6) is 0 Å². The first-order valence-corrected chi connectivity index (χ1v) is 27.9. The molecule has 0 radical (unpaired) electrons. The van der Waals surface area contributed by atoms with E-state index < -0.39 is 110 Å². The smallest absolute Gasteiger partial charge is 0.412 e. The lowest BCUT2D eigenvalue weighted by molar-refractivity contribution is -0.361. The Hall–Kier alpha value is -6.32. The molecule has 0 aromatic heterocycles. The summed E-state index contributed by atoms with van der Waals surface area (Å²) in [5, 5.41) is 12.7. The maximum atomic E-state index is 13.7. The molecule has 22 heteroatoms. The lowest BCUT2D eigenvalue weighted by Gasteiger charge is -2.51. The van der Waals surface area contributed by atoms with Crippen molar-refractivity contribution in [3.8, 4) is 0 Å². The Morgan fingerprint density at radius 3 is 1.40 bits per heavy atom. The third kappa shape index (κ3) is 15.4. The van der Waals surface area contributed by atoms with Crippen LogP contribution in [0.25, 0.3) is 31.3 Å². The first-order chi connectivity index (χ1) is 39.3. The Labute approximate surface area is 473 Å². The van der Waals surface area contributed by atoms with Gasteiger partial charge < -0.3 is 52.1 Å². The Morgan fingerprint density at radius 1 is 0.469 bits per heavy atom. The average Bonchev–Trinajstić information content (AvgIpc) is 3.51. The molecule has 8 rings (SSSR count). The fourth-order valence-electron chi connectivity index (χ4n) is 11.0. The summed E-state index contributed by atoms with van der Waals surface area (Å²) in [5.41, 5.74) is 34.0. The van der Waals surface area contributed by atoms with Gasteiger partial charge in [0.15, 0.2) is 25.2 Å². The molecule has 0 N–H and O–H groups in total. The van der Waals surface area contributed by atoms with Crippen LogP contribution in [-0.2, 0) is 78.5 Å². The van der Waals surface area contributed by atoms with E-state index in [0.29, 0.717) is 6.42 Å². The van der Waals surface area contributed by atoms with E-state index in [0.717, 1.165) is 22.3 Å². The maximum Gasteiger partial charge on any atom is 0.412 e. The van der Waals surface area contributed by atoms with Gasteiger partial charge in [0.25, 0.3) is 0 Å². The molecule has 4 aromatic rings. The van der Waals surface area contributed by atoms with Crippen LogP contribution in [-0.4, -0.2) is 116 Å². The molecule has 4 aliphatic rings. The third-order valence-corrected chi connectivity index (χ3v) is 16.2. The average molecular weight is 1120 g/mol. The molecule has 0 saturated carbocycles. The number of carbonyl (C=O) groups excluding carboxylic acids is 1. The van der Waals surface area contributed by atoms with Gasteiger partial charge in [0.2, 0.25) is 0 Å². The van der Waals surface area contributed by atoms with Crippen molar-refractivity contribution in [3.05, 3.63) is 175 Å². The van der Waals surface area contributed by atoms with E-state index >= 15 is 0 Å². The Balaban J connectivity index is 1.03. The predicted molar refractivity (Wildman–Crippen MR) is 297 cm³/mol. The highest BCUT2D eigenvalue weighted by molar-refractivity contribution is 5.67. The Kier molecular flexibility index (Phi) is 22.2. The predicted octanol–water partition coefficient (Wildman–Crippen LogP) is 12.1. The van der Waals surface area contributed by atoms with Gasteiger partial charge in [0, 0.05) is 26.6 Å².